The highest BCUT2D eigenvalue weighted by Gasteiger charge is 2.26. The molecule has 0 radical (unpaired) electrons. The van der Waals surface area contributed by atoms with Crippen molar-refractivity contribution in [3.05, 3.63) is 59.4 Å². The Balaban J connectivity index is 1.77. The summed E-state index contributed by atoms with van der Waals surface area (Å²) < 4.78 is 1.71. The molecule has 1 amide bonds. The van der Waals surface area contributed by atoms with Gasteiger partial charge in [0.05, 0.1) is 10.9 Å². The molecule has 2 heterocycles. The van der Waals surface area contributed by atoms with E-state index in [0.29, 0.717) is 11.7 Å². The largest absolute Gasteiger partial charge is 0.351 e. The molecule has 2 aromatic heterocycles. The summed E-state index contributed by atoms with van der Waals surface area (Å²) in [6.07, 6.45) is 3.46. The molecule has 0 aliphatic rings. The molecule has 28 heavy (non-hydrogen) atoms. The van der Waals surface area contributed by atoms with Crippen molar-refractivity contribution in [3.8, 4) is 5.69 Å². The van der Waals surface area contributed by atoms with Gasteiger partial charge in [0, 0.05) is 18.9 Å². The monoisotopic (exact) mass is 396 g/mol. The molecule has 3 aromatic rings. The van der Waals surface area contributed by atoms with Crippen LogP contribution in [-0.4, -0.2) is 36.3 Å². The molecule has 8 heteroatoms. The van der Waals surface area contributed by atoms with Gasteiger partial charge in [-0.15, -0.1) is 5.10 Å². The second-order valence-electron chi connectivity index (χ2n) is 6.95. The van der Waals surface area contributed by atoms with Crippen molar-refractivity contribution in [1.29, 1.82) is 0 Å². The van der Waals surface area contributed by atoms with Crippen LogP contribution in [0.4, 0.5) is 0 Å². The SMILES string of the molecule is Cc1cccc(-n2nnnc2SC(C(=O)NCc2cccnc2)C(C)C)c1C. The Bertz CT molecular complexity index is 941. The lowest BCUT2D eigenvalue weighted by Crippen LogP contribution is -2.35. The number of aromatic nitrogens is 5. The van der Waals surface area contributed by atoms with Crippen LogP contribution in [0.5, 0.6) is 0 Å². The normalized spacial score (nSPS) is 12.2. The van der Waals surface area contributed by atoms with Gasteiger partial charge in [-0.05, 0) is 59.0 Å². The predicted octanol–water partition coefficient (Wildman–Crippen LogP) is 3.11. The minimum absolute atomic E-state index is 0.0423. The number of nitrogens with zero attached hydrogens (tertiary/aromatic N) is 5. The van der Waals surface area contributed by atoms with Gasteiger partial charge in [-0.3, -0.25) is 9.78 Å². The Labute approximate surface area is 169 Å². The van der Waals surface area contributed by atoms with Crippen LogP contribution in [0.3, 0.4) is 0 Å². The van der Waals surface area contributed by atoms with Crippen LogP contribution in [0, 0.1) is 19.8 Å². The number of carbonyl (C=O) groups excluding carboxylic acids is 1. The van der Waals surface area contributed by atoms with Crippen molar-refractivity contribution in [1.82, 2.24) is 30.5 Å². The lowest BCUT2D eigenvalue weighted by atomic mass is 10.1. The Morgan fingerprint density at radius 1 is 1.21 bits per heavy atom. The van der Waals surface area contributed by atoms with Crippen LogP contribution in [0.15, 0.2) is 47.9 Å². The van der Waals surface area contributed by atoms with E-state index >= 15 is 0 Å². The van der Waals surface area contributed by atoms with Crippen LogP contribution in [-0.2, 0) is 11.3 Å². The van der Waals surface area contributed by atoms with Crippen LogP contribution in [0.1, 0.15) is 30.5 Å². The van der Waals surface area contributed by atoms with Crippen molar-refractivity contribution < 1.29 is 4.79 Å². The van der Waals surface area contributed by atoms with Crippen LogP contribution in [0.2, 0.25) is 0 Å². The summed E-state index contributed by atoms with van der Waals surface area (Å²) in [6.45, 7) is 8.58. The first-order valence-corrected chi connectivity index (χ1v) is 10.0. The lowest BCUT2D eigenvalue weighted by molar-refractivity contribution is -0.121. The Kier molecular flexibility index (Phi) is 6.41. The second kappa shape index (κ2) is 8.97. The van der Waals surface area contributed by atoms with E-state index in [2.05, 4.69) is 38.8 Å². The number of nitrogens with one attached hydrogen (secondary N) is 1. The average Bonchev–Trinajstić information content (AvgIpc) is 3.15. The van der Waals surface area contributed by atoms with E-state index < -0.39 is 0 Å². The Hall–Kier alpha value is -2.74. The number of benzene rings is 1. The Morgan fingerprint density at radius 3 is 2.75 bits per heavy atom. The number of tetrazole rings is 1. The standard InChI is InChI=1S/C20H24N6OS/c1-13(2)18(19(27)22-12-16-8-6-10-21-11-16)28-20-23-24-25-26(20)17-9-5-7-14(3)15(17)4/h5-11,13,18H,12H2,1-4H3,(H,22,27). The zero-order valence-electron chi connectivity index (χ0n) is 16.5. The summed E-state index contributed by atoms with van der Waals surface area (Å²) in [5.41, 5.74) is 4.16. The maximum Gasteiger partial charge on any atom is 0.234 e. The summed E-state index contributed by atoms with van der Waals surface area (Å²) in [4.78, 5) is 16.9. The molecular weight excluding hydrogens is 372 g/mol. The van der Waals surface area contributed by atoms with E-state index in [0.717, 1.165) is 16.8 Å². The molecule has 0 saturated carbocycles. The molecular formula is C20H24N6OS. The number of amides is 1. The van der Waals surface area contributed by atoms with Gasteiger partial charge in [0.1, 0.15) is 0 Å². The summed E-state index contributed by atoms with van der Waals surface area (Å²) in [5.74, 6) is 0.0713. The molecule has 0 bridgehead atoms. The van der Waals surface area contributed by atoms with E-state index in [1.165, 1.54) is 17.3 Å². The quantitative estimate of drug-likeness (QED) is 0.618. The summed E-state index contributed by atoms with van der Waals surface area (Å²) in [7, 11) is 0. The number of rotatable bonds is 7. The maximum atomic E-state index is 12.8. The van der Waals surface area contributed by atoms with E-state index in [1.54, 1.807) is 17.1 Å². The molecule has 3 rings (SSSR count). The van der Waals surface area contributed by atoms with Gasteiger partial charge in [0.15, 0.2) is 0 Å². The number of hydrogen-bond donors (Lipinski definition) is 1. The third-order valence-corrected chi connectivity index (χ3v) is 6.01. The first-order valence-electron chi connectivity index (χ1n) is 9.15. The van der Waals surface area contributed by atoms with Gasteiger partial charge in [0.2, 0.25) is 11.1 Å². The predicted molar refractivity (Wildman–Crippen MR) is 109 cm³/mol. The topological polar surface area (TPSA) is 85.6 Å². The zero-order valence-corrected chi connectivity index (χ0v) is 17.3. The van der Waals surface area contributed by atoms with Gasteiger partial charge < -0.3 is 5.32 Å². The van der Waals surface area contributed by atoms with Crippen molar-refractivity contribution in [2.45, 2.75) is 44.6 Å². The van der Waals surface area contributed by atoms with Gasteiger partial charge >= 0.3 is 0 Å². The third-order valence-electron chi connectivity index (χ3n) is 4.53. The van der Waals surface area contributed by atoms with Gasteiger partial charge in [0.25, 0.3) is 0 Å². The highest BCUT2D eigenvalue weighted by Crippen LogP contribution is 2.29. The van der Waals surface area contributed by atoms with Gasteiger partial charge in [-0.2, -0.15) is 4.68 Å². The Morgan fingerprint density at radius 2 is 2.04 bits per heavy atom. The smallest absolute Gasteiger partial charge is 0.234 e. The first-order chi connectivity index (χ1) is 13.5. The van der Waals surface area contributed by atoms with Crippen molar-refractivity contribution >= 4 is 17.7 Å². The fraction of sp³-hybridized carbons (Fsp3) is 0.350. The number of thioether (sulfide) groups is 1. The first kappa shape index (κ1) is 20.0. The molecule has 1 aromatic carbocycles. The lowest BCUT2D eigenvalue weighted by Gasteiger charge is -2.19. The van der Waals surface area contributed by atoms with Crippen molar-refractivity contribution in [2.75, 3.05) is 0 Å². The second-order valence-corrected chi connectivity index (χ2v) is 8.06. The molecule has 1 unspecified atom stereocenters. The maximum absolute atomic E-state index is 12.8. The van der Waals surface area contributed by atoms with Gasteiger partial charge in [-0.25, -0.2) is 0 Å². The fourth-order valence-electron chi connectivity index (χ4n) is 2.77. The molecule has 0 aliphatic carbocycles. The average molecular weight is 397 g/mol. The third kappa shape index (κ3) is 4.56. The van der Waals surface area contributed by atoms with E-state index in [1.807, 2.05) is 45.0 Å². The van der Waals surface area contributed by atoms with E-state index in [4.69, 9.17) is 0 Å². The minimum Gasteiger partial charge on any atom is -0.351 e. The highest BCUT2D eigenvalue weighted by molar-refractivity contribution is 8.00. The molecule has 146 valence electrons. The molecule has 1 atom stereocenters. The molecule has 0 aliphatic heterocycles. The summed E-state index contributed by atoms with van der Waals surface area (Å²) >= 11 is 1.38. The zero-order chi connectivity index (χ0) is 20.1. The number of hydrogen-bond acceptors (Lipinski definition) is 6. The molecule has 0 spiro atoms. The number of carbonyl (C=O) groups is 1. The van der Waals surface area contributed by atoms with E-state index in [9.17, 15) is 4.79 Å². The number of pyridine rings is 1. The van der Waals surface area contributed by atoms with Crippen molar-refractivity contribution in [3.63, 3.8) is 0 Å². The number of aryl methyl sites for hydroxylation is 1. The van der Waals surface area contributed by atoms with E-state index in [-0.39, 0.29) is 17.1 Å². The fourth-order valence-corrected chi connectivity index (χ4v) is 3.78. The van der Waals surface area contributed by atoms with Crippen LogP contribution in [0.25, 0.3) is 5.69 Å². The molecule has 7 nitrogen and oxygen atoms in total. The molecule has 0 saturated heterocycles. The van der Waals surface area contributed by atoms with Crippen molar-refractivity contribution in [2.24, 2.45) is 5.92 Å². The summed E-state index contributed by atoms with van der Waals surface area (Å²) in [6, 6.07) is 9.81. The molecule has 0 fully saturated rings. The highest BCUT2D eigenvalue weighted by atomic mass is 32.2. The molecule has 1 N–H and O–H groups in total. The van der Waals surface area contributed by atoms with Gasteiger partial charge in [-0.1, -0.05) is 43.8 Å². The van der Waals surface area contributed by atoms with Crippen LogP contribution < -0.4 is 5.32 Å². The minimum atomic E-state index is -0.313. The summed E-state index contributed by atoms with van der Waals surface area (Å²) in [5, 5.41) is 15.4. The van der Waals surface area contributed by atoms with Crippen LogP contribution >= 0.6 is 11.8 Å².